The number of hydrogen-bond acceptors (Lipinski definition) is 7. The van der Waals surface area contributed by atoms with Crippen molar-refractivity contribution >= 4 is 29.4 Å². The van der Waals surface area contributed by atoms with Gasteiger partial charge < -0.3 is 31.1 Å². The van der Waals surface area contributed by atoms with E-state index in [-0.39, 0.29) is 58.9 Å². The third-order valence-corrected chi connectivity index (χ3v) is 11.5. The van der Waals surface area contributed by atoms with Gasteiger partial charge in [0.05, 0.1) is 11.9 Å². The van der Waals surface area contributed by atoms with Crippen LogP contribution in [0.4, 0.5) is 0 Å². The van der Waals surface area contributed by atoms with Crippen molar-refractivity contribution in [1.29, 1.82) is 0 Å². The molecular weight excluding hydrogens is 620 g/mol. The Kier molecular flexibility index (Phi) is 11.6. The zero-order valence-electron chi connectivity index (χ0n) is 31.2. The number of carbonyl (C=O) groups excluding carboxylic acids is 5. The van der Waals surface area contributed by atoms with E-state index >= 15 is 0 Å². The predicted octanol–water partition coefficient (Wildman–Crippen LogP) is 3.51. The smallest absolute Gasteiger partial charge is 0.289 e. The molecule has 0 aromatic carbocycles. The topological polar surface area (TPSA) is 140 Å². The van der Waals surface area contributed by atoms with Crippen LogP contribution in [0.5, 0.6) is 0 Å². The van der Waals surface area contributed by atoms with Crippen LogP contribution in [0.25, 0.3) is 0 Å². The van der Waals surface area contributed by atoms with Crippen molar-refractivity contribution in [3.8, 4) is 0 Å². The third-order valence-electron chi connectivity index (χ3n) is 11.5. The van der Waals surface area contributed by atoms with Crippen molar-refractivity contribution in [3.63, 3.8) is 0 Å². The number of likely N-dealkylation sites (tertiary alicyclic amines) is 2. The number of fused-ring (bicyclic) bond motifs is 1. The van der Waals surface area contributed by atoms with Crippen LogP contribution in [0.15, 0.2) is 25.1 Å². The zero-order chi connectivity index (χ0) is 36.5. The van der Waals surface area contributed by atoms with Crippen LogP contribution < -0.4 is 21.3 Å². The fraction of sp³-hybridized carbons (Fsp3) is 0.763. The maximum Gasteiger partial charge on any atom is 0.289 e. The van der Waals surface area contributed by atoms with Gasteiger partial charge >= 0.3 is 0 Å². The monoisotopic (exact) mass is 682 g/mol. The summed E-state index contributed by atoms with van der Waals surface area (Å²) < 4.78 is 0. The molecule has 0 aromatic rings. The normalized spacial score (nSPS) is 25.2. The van der Waals surface area contributed by atoms with Gasteiger partial charge in [-0.15, -0.1) is 6.58 Å². The summed E-state index contributed by atoms with van der Waals surface area (Å²) in [5.41, 5.74) is -0.878. The van der Waals surface area contributed by atoms with Crippen LogP contribution in [-0.4, -0.2) is 89.6 Å². The fourth-order valence-corrected chi connectivity index (χ4v) is 7.83. The van der Waals surface area contributed by atoms with Gasteiger partial charge in [0.2, 0.25) is 23.5 Å². The van der Waals surface area contributed by atoms with Gasteiger partial charge in [0, 0.05) is 38.6 Å². The molecule has 4 amide bonds. The predicted molar refractivity (Wildman–Crippen MR) is 191 cm³/mol. The molecule has 274 valence electrons. The molecule has 2 saturated heterocycles. The van der Waals surface area contributed by atoms with Gasteiger partial charge in [-0.1, -0.05) is 87.3 Å². The number of hydrogen-bond donors (Lipinski definition) is 4. The third kappa shape index (κ3) is 8.87. The largest absolute Gasteiger partial charge is 0.367 e. The average Bonchev–Trinajstić information content (AvgIpc) is 3.30. The second kappa shape index (κ2) is 14.9. The number of ketones is 1. The van der Waals surface area contributed by atoms with Gasteiger partial charge in [-0.2, -0.15) is 0 Å². The van der Waals surface area contributed by atoms with E-state index in [2.05, 4.69) is 69.0 Å². The number of amides is 4. The lowest BCUT2D eigenvalue weighted by Gasteiger charge is -2.41. The molecule has 0 aromatic heterocycles. The summed E-state index contributed by atoms with van der Waals surface area (Å²) in [4.78, 5) is 71.0. The molecule has 2 aliphatic carbocycles. The standard InChI is InChI=1S/C38H62N6O5/c1-11-18-39-34(48)31(46)26(20-24-15-14-16-24)42-33(47)30-29-25(38(29,9)10)21-44(30)35(49)32(37(6,7)8)41-23(2)40-27(36(3,4)5)22-43-19-13-12-17-28(43)45/h11,24-27,29-30,32,40-41H,1-2,12-22H2,3-10H3,(H,39,48)(H,42,47)/t25-,26?,27+,29-,30-,32+/m0/s1. The number of nitrogens with zero attached hydrogens (tertiary/aromatic N) is 2. The first kappa shape index (κ1) is 38.4. The summed E-state index contributed by atoms with van der Waals surface area (Å²) in [5.74, 6) is -0.983. The maximum absolute atomic E-state index is 14.6. The van der Waals surface area contributed by atoms with Gasteiger partial charge in [0.25, 0.3) is 5.91 Å². The summed E-state index contributed by atoms with van der Waals surface area (Å²) in [6.07, 6.45) is 7.37. The van der Waals surface area contributed by atoms with Gasteiger partial charge in [-0.3, -0.25) is 24.0 Å². The Morgan fingerprint density at radius 1 is 0.980 bits per heavy atom. The zero-order valence-corrected chi connectivity index (χ0v) is 31.2. The van der Waals surface area contributed by atoms with E-state index in [4.69, 9.17) is 0 Å². The average molecular weight is 683 g/mol. The molecule has 49 heavy (non-hydrogen) atoms. The van der Waals surface area contributed by atoms with Crippen LogP contribution in [0.2, 0.25) is 0 Å². The highest BCUT2D eigenvalue weighted by molar-refractivity contribution is 6.38. The summed E-state index contributed by atoms with van der Waals surface area (Å²) in [5, 5.41) is 12.4. The van der Waals surface area contributed by atoms with E-state index in [1.807, 2.05) is 25.7 Å². The van der Waals surface area contributed by atoms with E-state index < -0.39 is 35.2 Å². The van der Waals surface area contributed by atoms with E-state index in [0.717, 1.165) is 38.6 Å². The molecule has 1 unspecified atom stereocenters. The number of Topliss-reactive ketones (excluding diaryl/α,β-unsaturated/α-hetero) is 1. The van der Waals surface area contributed by atoms with Crippen LogP contribution in [0.1, 0.15) is 100 Å². The van der Waals surface area contributed by atoms with Crippen LogP contribution in [0, 0.1) is 34.0 Å². The van der Waals surface area contributed by atoms with Crippen LogP contribution >= 0.6 is 0 Å². The molecule has 2 saturated carbocycles. The quantitative estimate of drug-likeness (QED) is 0.153. The Balaban J connectivity index is 1.52. The van der Waals surface area contributed by atoms with E-state index in [0.29, 0.717) is 31.8 Å². The van der Waals surface area contributed by atoms with Crippen molar-refractivity contribution in [2.45, 2.75) is 125 Å². The molecule has 6 atom stereocenters. The molecule has 11 heteroatoms. The van der Waals surface area contributed by atoms with E-state index in [1.54, 1.807) is 4.90 Å². The summed E-state index contributed by atoms with van der Waals surface area (Å²) in [6, 6.07) is -2.54. The molecule has 0 radical (unpaired) electrons. The van der Waals surface area contributed by atoms with Crippen LogP contribution in [0.3, 0.4) is 0 Å². The van der Waals surface area contributed by atoms with Gasteiger partial charge in [0.1, 0.15) is 12.1 Å². The SMILES string of the molecule is C=CCNC(=O)C(=O)C(CC1CCC1)NC(=O)[C@@H]1[C@@H]2[C@H](CN1C(=O)[C@@H](NC(=C)N[C@H](CN1CCCCC1=O)C(C)(C)C)C(C)(C)C)C2(C)C. The Hall–Kier alpha value is -3.37. The van der Waals surface area contributed by atoms with Crippen molar-refractivity contribution < 1.29 is 24.0 Å². The molecule has 4 rings (SSSR count). The second-order valence-corrected chi connectivity index (χ2v) is 17.6. The Bertz CT molecular complexity index is 1310. The lowest BCUT2D eigenvalue weighted by molar-refractivity contribution is -0.145. The van der Waals surface area contributed by atoms with Crippen molar-refractivity contribution in [2.24, 2.45) is 34.0 Å². The molecular formula is C38H62N6O5. The van der Waals surface area contributed by atoms with E-state index in [1.165, 1.54) is 6.08 Å². The van der Waals surface area contributed by atoms with Gasteiger partial charge in [-0.05, 0) is 53.3 Å². The number of rotatable bonds is 15. The number of piperidine rings is 2. The molecule has 2 aliphatic heterocycles. The van der Waals surface area contributed by atoms with Crippen molar-refractivity contribution in [2.75, 3.05) is 26.2 Å². The first-order chi connectivity index (χ1) is 22.8. The van der Waals surface area contributed by atoms with Crippen molar-refractivity contribution in [1.82, 2.24) is 31.1 Å². The summed E-state index contributed by atoms with van der Waals surface area (Å²) in [7, 11) is 0. The number of carbonyl (C=O) groups is 5. The molecule has 2 heterocycles. The number of nitrogens with one attached hydrogen (secondary N) is 4. The highest BCUT2D eigenvalue weighted by atomic mass is 16.2. The van der Waals surface area contributed by atoms with Crippen LogP contribution in [-0.2, 0) is 24.0 Å². The summed E-state index contributed by atoms with van der Waals surface area (Å²) >= 11 is 0. The second-order valence-electron chi connectivity index (χ2n) is 17.6. The fourth-order valence-electron chi connectivity index (χ4n) is 7.83. The lowest BCUT2D eigenvalue weighted by Crippen LogP contribution is -2.61. The lowest BCUT2D eigenvalue weighted by atomic mass is 9.80. The maximum atomic E-state index is 14.6. The molecule has 4 N–H and O–H groups in total. The Labute approximate surface area is 293 Å². The minimum Gasteiger partial charge on any atom is -0.367 e. The van der Waals surface area contributed by atoms with Crippen molar-refractivity contribution in [3.05, 3.63) is 25.1 Å². The Morgan fingerprint density at radius 3 is 2.20 bits per heavy atom. The molecule has 4 fully saturated rings. The highest BCUT2D eigenvalue weighted by Gasteiger charge is 2.70. The van der Waals surface area contributed by atoms with E-state index in [9.17, 15) is 24.0 Å². The molecule has 0 bridgehead atoms. The minimum atomic E-state index is -0.956. The van der Waals surface area contributed by atoms with Gasteiger partial charge in [-0.25, -0.2) is 0 Å². The Morgan fingerprint density at radius 2 is 1.65 bits per heavy atom. The highest BCUT2D eigenvalue weighted by Crippen LogP contribution is 2.65. The molecule has 4 aliphatic rings. The molecule has 0 spiro atoms. The first-order valence-corrected chi connectivity index (χ1v) is 18.3. The first-order valence-electron chi connectivity index (χ1n) is 18.3. The van der Waals surface area contributed by atoms with Gasteiger partial charge in [0.15, 0.2) is 0 Å². The molecule has 11 nitrogen and oxygen atoms in total. The summed E-state index contributed by atoms with van der Waals surface area (Å²) in [6.45, 7) is 26.3. The minimum absolute atomic E-state index is 0.0557.